The van der Waals surface area contributed by atoms with E-state index in [1.165, 1.54) is 37.4 Å². The van der Waals surface area contributed by atoms with Crippen LogP contribution in [0.2, 0.25) is 5.02 Å². The van der Waals surface area contributed by atoms with E-state index in [-0.39, 0.29) is 22.9 Å². The number of nitrogen functional groups attached to an aromatic ring is 1. The zero-order valence-corrected chi connectivity index (χ0v) is 12.0. The predicted molar refractivity (Wildman–Crippen MR) is 77.9 cm³/mol. The highest BCUT2D eigenvalue weighted by Gasteiger charge is 2.10. The van der Waals surface area contributed by atoms with Gasteiger partial charge in [-0.3, -0.25) is 0 Å². The van der Waals surface area contributed by atoms with Gasteiger partial charge in [0.15, 0.2) is 11.6 Å². The van der Waals surface area contributed by atoms with Crippen molar-refractivity contribution in [1.29, 1.82) is 0 Å². The van der Waals surface area contributed by atoms with Crippen LogP contribution in [0.1, 0.15) is 15.9 Å². The average Bonchev–Trinajstić information content (AvgIpc) is 2.47. The van der Waals surface area contributed by atoms with Gasteiger partial charge in [0, 0.05) is 0 Å². The highest BCUT2D eigenvalue weighted by Crippen LogP contribution is 2.21. The fraction of sp³-hybridized carbons (Fsp3) is 0.133. The molecule has 0 aliphatic carbocycles. The van der Waals surface area contributed by atoms with Crippen LogP contribution in [-0.2, 0) is 11.3 Å². The molecule has 2 aromatic carbocycles. The maximum Gasteiger partial charge on any atom is 0.338 e. The van der Waals surface area contributed by atoms with Crippen molar-refractivity contribution >= 4 is 23.3 Å². The number of halogens is 2. The van der Waals surface area contributed by atoms with Gasteiger partial charge >= 0.3 is 5.97 Å². The van der Waals surface area contributed by atoms with Gasteiger partial charge in [-0.25, -0.2) is 9.18 Å². The number of ether oxygens (including phenoxy) is 2. The number of rotatable bonds is 4. The normalized spacial score (nSPS) is 10.2. The third-order valence-electron chi connectivity index (χ3n) is 2.82. The smallest absolute Gasteiger partial charge is 0.338 e. The first-order chi connectivity index (χ1) is 10.0. The van der Waals surface area contributed by atoms with Crippen molar-refractivity contribution in [2.45, 2.75) is 6.61 Å². The first-order valence-electron chi connectivity index (χ1n) is 6.06. The Hall–Kier alpha value is -2.27. The van der Waals surface area contributed by atoms with Gasteiger partial charge in [-0.2, -0.15) is 0 Å². The summed E-state index contributed by atoms with van der Waals surface area (Å²) in [5.41, 5.74) is 6.74. The molecule has 0 aromatic heterocycles. The van der Waals surface area contributed by atoms with Crippen LogP contribution in [0.15, 0.2) is 36.4 Å². The molecular weight excluding hydrogens is 297 g/mol. The summed E-state index contributed by atoms with van der Waals surface area (Å²) in [5.74, 6) is -0.940. The molecule has 0 saturated carbocycles. The second-order valence-electron chi connectivity index (χ2n) is 4.28. The quantitative estimate of drug-likeness (QED) is 0.694. The molecule has 4 nitrogen and oxygen atoms in total. The van der Waals surface area contributed by atoms with Gasteiger partial charge in [0.05, 0.1) is 23.4 Å². The zero-order valence-electron chi connectivity index (χ0n) is 11.2. The second kappa shape index (κ2) is 6.45. The van der Waals surface area contributed by atoms with Crippen LogP contribution in [0.25, 0.3) is 0 Å². The van der Waals surface area contributed by atoms with Crippen LogP contribution in [0, 0.1) is 5.82 Å². The minimum absolute atomic E-state index is 0.0538. The standard InChI is InChI=1S/C15H13ClFNO3/c1-20-14-5-2-9(6-12(14)17)8-21-15(19)10-3-4-13(18)11(16)7-10/h2-7H,8,18H2,1H3. The lowest BCUT2D eigenvalue weighted by atomic mass is 10.2. The Balaban J connectivity index is 2.03. The van der Waals surface area contributed by atoms with Crippen molar-refractivity contribution in [3.63, 3.8) is 0 Å². The van der Waals surface area contributed by atoms with Crippen LogP contribution in [0.4, 0.5) is 10.1 Å². The fourth-order valence-corrected chi connectivity index (χ4v) is 1.87. The molecule has 0 spiro atoms. The number of carbonyl (C=O) groups excluding carboxylic acids is 1. The molecule has 0 radical (unpaired) electrons. The van der Waals surface area contributed by atoms with E-state index in [0.29, 0.717) is 11.3 Å². The van der Waals surface area contributed by atoms with Gasteiger partial charge in [0.25, 0.3) is 0 Å². The number of benzene rings is 2. The maximum atomic E-state index is 13.5. The Morgan fingerprint density at radius 2 is 2.05 bits per heavy atom. The van der Waals surface area contributed by atoms with E-state index < -0.39 is 11.8 Å². The molecule has 2 aromatic rings. The first kappa shape index (κ1) is 15.1. The summed E-state index contributed by atoms with van der Waals surface area (Å²) in [7, 11) is 1.38. The third-order valence-corrected chi connectivity index (χ3v) is 3.15. The first-order valence-corrected chi connectivity index (χ1v) is 6.43. The van der Waals surface area contributed by atoms with Crippen molar-refractivity contribution < 1.29 is 18.7 Å². The number of carbonyl (C=O) groups is 1. The molecule has 0 unspecified atom stereocenters. The summed E-state index contributed by atoms with van der Waals surface area (Å²) in [6.45, 7) is -0.0538. The molecule has 0 aliphatic heterocycles. The van der Waals surface area contributed by atoms with Crippen LogP contribution >= 0.6 is 11.6 Å². The van der Waals surface area contributed by atoms with Crippen LogP contribution in [0.3, 0.4) is 0 Å². The average molecular weight is 310 g/mol. The summed E-state index contributed by atoms with van der Waals surface area (Å²) in [6, 6.07) is 8.80. The van der Waals surface area contributed by atoms with Crippen molar-refractivity contribution in [2.75, 3.05) is 12.8 Å². The Morgan fingerprint density at radius 3 is 2.67 bits per heavy atom. The van der Waals surface area contributed by atoms with Gasteiger partial charge in [0.2, 0.25) is 0 Å². The fourth-order valence-electron chi connectivity index (χ4n) is 1.69. The minimum atomic E-state index is -0.562. The molecule has 0 amide bonds. The Labute approximate surface area is 126 Å². The molecule has 0 atom stereocenters. The summed E-state index contributed by atoms with van der Waals surface area (Å²) in [5, 5.41) is 0.278. The predicted octanol–water partition coefficient (Wildman–Crippen LogP) is 3.43. The van der Waals surface area contributed by atoms with E-state index in [1.54, 1.807) is 6.07 Å². The summed E-state index contributed by atoms with van der Waals surface area (Å²) < 4.78 is 23.4. The van der Waals surface area contributed by atoms with E-state index in [1.807, 2.05) is 0 Å². The number of methoxy groups -OCH3 is 1. The van der Waals surface area contributed by atoms with Crippen molar-refractivity contribution in [2.24, 2.45) is 0 Å². The number of hydrogen-bond donors (Lipinski definition) is 1. The molecule has 2 N–H and O–H groups in total. The van der Waals surface area contributed by atoms with Gasteiger partial charge < -0.3 is 15.2 Å². The number of anilines is 1. The minimum Gasteiger partial charge on any atom is -0.494 e. The number of hydrogen-bond acceptors (Lipinski definition) is 4. The van der Waals surface area contributed by atoms with Crippen molar-refractivity contribution in [1.82, 2.24) is 0 Å². The van der Waals surface area contributed by atoms with Crippen molar-refractivity contribution in [3.8, 4) is 5.75 Å². The third kappa shape index (κ3) is 3.64. The SMILES string of the molecule is COc1ccc(COC(=O)c2ccc(N)c(Cl)c2)cc1F. The highest BCUT2D eigenvalue weighted by molar-refractivity contribution is 6.33. The molecular formula is C15H13ClFNO3. The molecule has 0 fully saturated rings. The molecule has 0 aliphatic rings. The van der Waals surface area contributed by atoms with E-state index in [9.17, 15) is 9.18 Å². The van der Waals surface area contributed by atoms with E-state index in [0.717, 1.165) is 0 Å². The molecule has 110 valence electrons. The van der Waals surface area contributed by atoms with Gasteiger partial charge in [0.1, 0.15) is 6.61 Å². The lowest BCUT2D eigenvalue weighted by Gasteiger charge is -2.07. The lowest BCUT2D eigenvalue weighted by molar-refractivity contribution is 0.0472. The Bertz CT molecular complexity index is 676. The molecule has 0 bridgehead atoms. The maximum absolute atomic E-state index is 13.5. The highest BCUT2D eigenvalue weighted by atomic mass is 35.5. The molecule has 21 heavy (non-hydrogen) atoms. The second-order valence-corrected chi connectivity index (χ2v) is 4.69. The van der Waals surface area contributed by atoms with Crippen LogP contribution in [0.5, 0.6) is 5.75 Å². The van der Waals surface area contributed by atoms with Gasteiger partial charge in [-0.05, 0) is 35.9 Å². The topological polar surface area (TPSA) is 61.5 Å². The molecule has 2 rings (SSSR count). The number of esters is 1. The van der Waals surface area contributed by atoms with Crippen LogP contribution < -0.4 is 10.5 Å². The monoisotopic (exact) mass is 309 g/mol. The molecule has 6 heteroatoms. The van der Waals surface area contributed by atoms with E-state index in [2.05, 4.69) is 0 Å². The van der Waals surface area contributed by atoms with Crippen molar-refractivity contribution in [3.05, 3.63) is 58.4 Å². The van der Waals surface area contributed by atoms with E-state index in [4.69, 9.17) is 26.8 Å². The number of nitrogens with two attached hydrogens (primary N) is 1. The molecule has 0 heterocycles. The summed E-state index contributed by atoms with van der Waals surface area (Å²) in [6.07, 6.45) is 0. The Kier molecular flexibility index (Phi) is 4.65. The lowest BCUT2D eigenvalue weighted by Crippen LogP contribution is -2.06. The zero-order chi connectivity index (χ0) is 15.4. The summed E-state index contributed by atoms with van der Waals surface area (Å²) >= 11 is 5.83. The Morgan fingerprint density at radius 1 is 1.29 bits per heavy atom. The largest absolute Gasteiger partial charge is 0.494 e. The van der Waals surface area contributed by atoms with Gasteiger partial charge in [-0.1, -0.05) is 17.7 Å². The molecule has 0 saturated heterocycles. The van der Waals surface area contributed by atoms with Crippen LogP contribution in [-0.4, -0.2) is 13.1 Å². The van der Waals surface area contributed by atoms with E-state index >= 15 is 0 Å². The summed E-state index contributed by atoms with van der Waals surface area (Å²) in [4.78, 5) is 11.8. The van der Waals surface area contributed by atoms with Gasteiger partial charge in [-0.15, -0.1) is 0 Å².